The summed E-state index contributed by atoms with van der Waals surface area (Å²) in [6.45, 7) is 3.60. The van der Waals surface area contributed by atoms with Crippen LogP contribution in [0.3, 0.4) is 0 Å². The maximum Gasteiger partial charge on any atom is 0.335 e. The van der Waals surface area contributed by atoms with Crippen molar-refractivity contribution >= 4 is 21.6 Å². The van der Waals surface area contributed by atoms with Crippen LogP contribution in [0.15, 0.2) is 53.9 Å². The molecule has 28 heavy (non-hydrogen) atoms. The summed E-state index contributed by atoms with van der Waals surface area (Å²) in [6.07, 6.45) is 0.979. The van der Waals surface area contributed by atoms with Gasteiger partial charge in [-0.15, -0.1) is 0 Å². The van der Waals surface area contributed by atoms with Crippen LogP contribution in [-0.2, 0) is 14.8 Å². The molecule has 2 aliphatic rings. The smallest absolute Gasteiger partial charge is 0.335 e. The monoisotopic (exact) mass is 403 g/mol. The highest BCUT2D eigenvalue weighted by atomic mass is 32.2. The lowest BCUT2D eigenvalue weighted by molar-refractivity contribution is -0.130. The lowest BCUT2D eigenvalue weighted by atomic mass is 9.92. The maximum absolute atomic E-state index is 13.1. The van der Waals surface area contributed by atoms with Gasteiger partial charge in [-0.25, -0.2) is 22.3 Å². The topological polar surface area (TPSA) is 92.7 Å². The molecule has 6 nitrogen and oxygen atoms in total. The lowest BCUT2D eigenvalue weighted by Gasteiger charge is -2.19. The van der Waals surface area contributed by atoms with Crippen molar-refractivity contribution in [3.63, 3.8) is 0 Å². The predicted octanol–water partition coefficient (Wildman–Crippen LogP) is 2.91. The molecule has 3 atom stereocenters. The molecule has 1 saturated carbocycles. The van der Waals surface area contributed by atoms with Gasteiger partial charge in [-0.3, -0.25) is 0 Å². The second kappa shape index (κ2) is 6.72. The molecule has 1 fully saturated rings. The first kappa shape index (κ1) is 18.6. The zero-order valence-corrected chi connectivity index (χ0v) is 15.6. The highest BCUT2D eigenvalue weighted by Gasteiger charge is 2.47. The maximum atomic E-state index is 13.1. The first-order chi connectivity index (χ1) is 13.3. The summed E-state index contributed by atoms with van der Waals surface area (Å²) < 4.78 is 47.2. The Morgan fingerprint density at radius 2 is 1.89 bits per heavy atom. The molecule has 0 radical (unpaired) electrons. The van der Waals surface area contributed by atoms with Crippen LogP contribution in [0, 0.1) is 5.82 Å². The third-order valence-corrected chi connectivity index (χ3v) is 6.79. The molecule has 1 aliphatic heterocycles. The minimum absolute atomic E-state index is 0.00973. The summed E-state index contributed by atoms with van der Waals surface area (Å²) in [5, 5.41) is 9.25. The molecule has 1 aliphatic carbocycles. The van der Waals surface area contributed by atoms with Crippen molar-refractivity contribution in [1.29, 1.82) is 0 Å². The number of fused-ring (bicyclic) bond motifs is 3. The molecule has 0 bridgehead atoms. The Labute approximate surface area is 161 Å². The van der Waals surface area contributed by atoms with Crippen molar-refractivity contribution in [2.45, 2.75) is 35.8 Å². The van der Waals surface area contributed by atoms with Gasteiger partial charge in [-0.1, -0.05) is 24.8 Å². The number of aliphatic carboxylic acids is 1. The van der Waals surface area contributed by atoms with Gasteiger partial charge in [-0.2, -0.15) is 0 Å². The van der Waals surface area contributed by atoms with E-state index in [1.54, 1.807) is 12.1 Å². The fraction of sp³-hybridized carbons (Fsp3) is 0.250. The molecular formula is C20H18FNO5S. The number of nitrogens with one attached hydrogen (secondary N) is 1. The molecule has 146 valence electrons. The summed E-state index contributed by atoms with van der Waals surface area (Å²) in [4.78, 5) is 11.3. The highest BCUT2D eigenvalue weighted by molar-refractivity contribution is 7.89. The Morgan fingerprint density at radius 3 is 2.57 bits per heavy atom. The normalized spacial score (nSPS) is 23.0. The van der Waals surface area contributed by atoms with Crippen LogP contribution in [0.2, 0.25) is 0 Å². The number of carboxylic acid groups (broad SMARTS) is 1. The standard InChI is InChI=1S/C20H18FNO5S/c1-11(20(23)24)14-3-2-4-15-18-16(9-10-17(18)27-19(14)15)22-28(25,26)13-7-5-12(21)6-8-13/h2-8,16-18,22H,1,9-10H2,(H,23,24). The molecule has 0 aromatic heterocycles. The largest absolute Gasteiger partial charge is 0.489 e. The van der Waals surface area contributed by atoms with E-state index < -0.39 is 27.9 Å². The van der Waals surface area contributed by atoms with Gasteiger partial charge < -0.3 is 9.84 Å². The summed E-state index contributed by atoms with van der Waals surface area (Å²) >= 11 is 0. The van der Waals surface area contributed by atoms with Crippen molar-refractivity contribution in [3.05, 3.63) is 66.0 Å². The van der Waals surface area contributed by atoms with Crippen molar-refractivity contribution < 1.29 is 27.4 Å². The molecule has 3 unspecified atom stereocenters. The van der Waals surface area contributed by atoms with E-state index in [1.165, 1.54) is 12.1 Å². The van der Waals surface area contributed by atoms with E-state index in [9.17, 15) is 22.7 Å². The highest BCUT2D eigenvalue weighted by Crippen LogP contribution is 2.49. The van der Waals surface area contributed by atoms with E-state index in [0.29, 0.717) is 24.2 Å². The summed E-state index contributed by atoms with van der Waals surface area (Å²) in [5.41, 5.74) is 1.11. The number of rotatable bonds is 5. The van der Waals surface area contributed by atoms with Crippen LogP contribution in [0.5, 0.6) is 5.75 Å². The number of ether oxygens (including phenoxy) is 1. The van der Waals surface area contributed by atoms with Gasteiger partial charge in [0.25, 0.3) is 0 Å². The molecule has 4 rings (SSSR count). The Morgan fingerprint density at radius 1 is 1.18 bits per heavy atom. The number of hydrogen-bond acceptors (Lipinski definition) is 4. The van der Waals surface area contributed by atoms with E-state index in [1.807, 2.05) is 6.07 Å². The van der Waals surface area contributed by atoms with E-state index in [2.05, 4.69) is 11.3 Å². The number of sulfonamides is 1. The molecule has 0 spiro atoms. The van der Waals surface area contributed by atoms with E-state index in [-0.39, 0.29) is 22.5 Å². The second-order valence-corrected chi connectivity index (χ2v) is 8.66. The van der Waals surface area contributed by atoms with Crippen LogP contribution in [-0.4, -0.2) is 31.6 Å². The zero-order chi connectivity index (χ0) is 20.1. The second-order valence-electron chi connectivity index (χ2n) is 6.95. The van der Waals surface area contributed by atoms with Crippen molar-refractivity contribution in [3.8, 4) is 5.75 Å². The molecule has 0 saturated heterocycles. The van der Waals surface area contributed by atoms with Crippen LogP contribution < -0.4 is 9.46 Å². The van der Waals surface area contributed by atoms with Gasteiger partial charge in [0.05, 0.1) is 10.5 Å². The molecule has 1 heterocycles. The zero-order valence-electron chi connectivity index (χ0n) is 14.8. The van der Waals surface area contributed by atoms with E-state index in [4.69, 9.17) is 4.74 Å². The van der Waals surface area contributed by atoms with Gasteiger partial charge in [0.1, 0.15) is 17.7 Å². The van der Waals surface area contributed by atoms with E-state index in [0.717, 1.165) is 17.7 Å². The molecule has 2 N–H and O–H groups in total. The Hall–Kier alpha value is -2.71. The third-order valence-electron chi connectivity index (χ3n) is 5.28. The average molecular weight is 403 g/mol. The van der Waals surface area contributed by atoms with Gasteiger partial charge in [0, 0.05) is 23.1 Å². The fourth-order valence-corrected chi connectivity index (χ4v) is 5.27. The van der Waals surface area contributed by atoms with Gasteiger partial charge >= 0.3 is 5.97 Å². The lowest BCUT2D eigenvalue weighted by Crippen LogP contribution is -2.37. The molecule has 2 aromatic carbocycles. The van der Waals surface area contributed by atoms with Gasteiger partial charge in [-0.05, 0) is 37.1 Å². The first-order valence-corrected chi connectivity index (χ1v) is 10.3. The summed E-state index contributed by atoms with van der Waals surface area (Å²) in [7, 11) is -3.83. The third kappa shape index (κ3) is 3.08. The van der Waals surface area contributed by atoms with Gasteiger partial charge in [0.15, 0.2) is 0 Å². The number of carbonyl (C=O) groups is 1. The minimum atomic E-state index is -3.83. The predicted molar refractivity (Wildman–Crippen MR) is 100 cm³/mol. The number of carboxylic acids is 1. The SMILES string of the molecule is C=C(C(=O)O)c1cccc2c1OC1CCC(NS(=O)(=O)c3ccc(F)cc3)C21. The van der Waals surface area contributed by atoms with Crippen LogP contribution in [0.4, 0.5) is 4.39 Å². The molecule has 2 aromatic rings. The number of hydrogen-bond donors (Lipinski definition) is 2. The molecular weight excluding hydrogens is 385 g/mol. The van der Waals surface area contributed by atoms with Crippen molar-refractivity contribution in [1.82, 2.24) is 4.72 Å². The Balaban J connectivity index is 1.64. The summed E-state index contributed by atoms with van der Waals surface area (Å²) in [6, 6.07) is 9.41. The van der Waals surface area contributed by atoms with Crippen LogP contribution >= 0.6 is 0 Å². The van der Waals surface area contributed by atoms with Crippen molar-refractivity contribution in [2.24, 2.45) is 0 Å². The van der Waals surface area contributed by atoms with Crippen LogP contribution in [0.25, 0.3) is 5.57 Å². The average Bonchev–Trinajstić information content (AvgIpc) is 3.21. The van der Waals surface area contributed by atoms with Crippen molar-refractivity contribution in [2.75, 3.05) is 0 Å². The van der Waals surface area contributed by atoms with Crippen LogP contribution in [0.1, 0.15) is 29.9 Å². The molecule has 8 heteroatoms. The Bertz CT molecular complexity index is 1060. The number of para-hydroxylation sites is 1. The fourth-order valence-electron chi connectivity index (χ4n) is 3.98. The minimum Gasteiger partial charge on any atom is -0.489 e. The number of halogens is 1. The summed E-state index contributed by atoms with van der Waals surface area (Å²) in [5.74, 6) is -1.42. The van der Waals surface area contributed by atoms with Gasteiger partial charge in [0.2, 0.25) is 10.0 Å². The number of benzene rings is 2. The van der Waals surface area contributed by atoms with E-state index >= 15 is 0 Å². The molecule has 0 amide bonds. The first-order valence-electron chi connectivity index (χ1n) is 8.78. The Kier molecular flexibility index (Phi) is 4.47. The quantitative estimate of drug-likeness (QED) is 0.749.